The standard InChI is InChI=1S/C12H15N3O3/c1-2-18-12(17)11(16)10(14-15-13)8-9-6-4-3-5-7-9/h3-7,10-11,16H,2,8H2,1H3. The molecule has 1 N–H and O–H groups in total. The smallest absolute Gasteiger partial charge is 0.335 e. The van der Waals surface area contributed by atoms with Crippen LogP contribution in [0.2, 0.25) is 0 Å². The zero-order chi connectivity index (χ0) is 13.4. The van der Waals surface area contributed by atoms with E-state index >= 15 is 0 Å². The van der Waals surface area contributed by atoms with Crippen molar-refractivity contribution < 1.29 is 14.6 Å². The molecule has 6 nitrogen and oxygen atoms in total. The summed E-state index contributed by atoms with van der Waals surface area (Å²) in [6.07, 6.45) is -1.16. The average molecular weight is 249 g/mol. The molecule has 1 aromatic carbocycles. The van der Waals surface area contributed by atoms with Gasteiger partial charge in [-0.2, -0.15) is 0 Å². The molecule has 18 heavy (non-hydrogen) atoms. The highest BCUT2D eigenvalue weighted by atomic mass is 16.5. The number of hydrogen-bond acceptors (Lipinski definition) is 4. The van der Waals surface area contributed by atoms with Gasteiger partial charge in [0, 0.05) is 4.91 Å². The van der Waals surface area contributed by atoms with Crippen molar-refractivity contribution in [2.45, 2.75) is 25.5 Å². The lowest BCUT2D eigenvalue weighted by Gasteiger charge is -2.16. The van der Waals surface area contributed by atoms with Crippen LogP contribution < -0.4 is 0 Å². The van der Waals surface area contributed by atoms with E-state index in [1.165, 1.54) is 0 Å². The van der Waals surface area contributed by atoms with Gasteiger partial charge in [-0.3, -0.25) is 0 Å². The SMILES string of the molecule is CCOC(=O)C(O)C(Cc1ccccc1)N=[N+]=[N-]. The summed E-state index contributed by atoms with van der Waals surface area (Å²) in [5.41, 5.74) is 9.34. The van der Waals surface area contributed by atoms with Crippen LogP contribution in [-0.4, -0.2) is 29.8 Å². The van der Waals surface area contributed by atoms with Crippen LogP contribution in [0, 0.1) is 0 Å². The molecule has 0 saturated heterocycles. The van der Waals surface area contributed by atoms with Crippen molar-refractivity contribution in [3.05, 3.63) is 46.3 Å². The molecule has 0 aliphatic carbocycles. The van der Waals surface area contributed by atoms with E-state index in [1.807, 2.05) is 30.3 Å². The van der Waals surface area contributed by atoms with Gasteiger partial charge in [0.25, 0.3) is 0 Å². The quantitative estimate of drug-likeness (QED) is 0.360. The molecule has 0 spiro atoms. The molecule has 2 atom stereocenters. The fourth-order valence-electron chi connectivity index (χ4n) is 1.52. The van der Waals surface area contributed by atoms with Gasteiger partial charge in [0.05, 0.1) is 12.6 Å². The van der Waals surface area contributed by atoms with Gasteiger partial charge in [0.15, 0.2) is 6.10 Å². The summed E-state index contributed by atoms with van der Waals surface area (Å²) in [7, 11) is 0. The minimum Gasteiger partial charge on any atom is -0.464 e. The molecule has 0 aliphatic heterocycles. The zero-order valence-corrected chi connectivity index (χ0v) is 10.1. The first-order chi connectivity index (χ1) is 8.69. The summed E-state index contributed by atoms with van der Waals surface area (Å²) in [6.45, 7) is 1.81. The van der Waals surface area contributed by atoms with Crippen LogP contribution in [0.4, 0.5) is 0 Å². The topological polar surface area (TPSA) is 95.3 Å². The van der Waals surface area contributed by atoms with Gasteiger partial charge in [0.1, 0.15) is 0 Å². The Bertz CT molecular complexity index is 429. The number of hydrogen-bond donors (Lipinski definition) is 1. The van der Waals surface area contributed by atoms with E-state index in [-0.39, 0.29) is 13.0 Å². The summed E-state index contributed by atoms with van der Waals surface area (Å²) in [4.78, 5) is 14.0. The third kappa shape index (κ3) is 4.08. The van der Waals surface area contributed by atoms with Crippen molar-refractivity contribution in [1.29, 1.82) is 0 Å². The predicted octanol–water partition coefficient (Wildman–Crippen LogP) is 1.83. The summed E-state index contributed by atoms with van der Waals surface area (Å²) >= 11 is 0. The van der Waals surface area contributed by atoms with E-state index in [0.717, 1.165) is 5.56 Å². The predicted molar refractivity (Wildman–Crippen MR) is 65.7 cm³/mol. The second-order valence-corrected chi connectivity index (χ2v) is 3.66. The van der Waals surface area contributed by atoms with Gasteiger partial charge in [-0.15, -0.1) is 0 Å². The molecule has 0 heterocycles. The van der Waals surface area contributed by atoms with E-state index in [2.05, 4.69) is 10.0 Å². The highest BCUT2D eigenvalue weighted by molar-refractivity contribution is 5.75. The van der Waals surface area contributed by atoms with Crippen LogP contribution in [0.15, 0.2) is 35.4 Å². The van der Waals surface area contributed by atoms with E-state index in [1.54, 1.807) is 6.92 Å². The number of carbonyl (C=O) groups is 1. The molecule has 6 heteroatoms. The Morgan fingerprint density at radius 2 is 2.17 bits per heavy atom. The van der Waals surface area contributed by atoms with E-state index in [9.17, 15) is 9.90 Å². The molecule has 0 fully saturated rings. The molecular formula is C12H15N3O3. The number of rotatable bonds is 6. The van der Waals surface area contributed by atoms with Crippen LogP contribution in [0.25, 0.3) is 10.4 Å². The minimum atomic E-state index is -1.44. The molecule has 0 radical (unpaired) electrons. The molecule has 0 aliphatic rings. The fraction of sp³-hybridized carbons (Fsp3) is 0.417. The van der Waals surface area contributed by atoms with Gasteiger partial charge >= 0.3 is 5.97 Å². The maximum absolute atomic E-state index is 11.4. The maximum atomic E-state index is 11.4. The number of esters is 1. The number of nitrogens with zero attached hydrogens (tertiary/aromatic N) is 3. The second kappa shape index (κ2) is 7.32. The first-order valence-electron chi connectivity index (χ1n) is 5.61. The highest BCUT2D eigenvalue weighted by Crippen LogP contribution is 2.11. The maximum Gasteiger partial charge on any atom is 0.335 e. The number of aliphatic hydroxyl groups excluding tert-OH is 1. The van der Waals surface area contributed by atoms with Crippen LogP contribution in [0.5, 0.6) is 0 Å². The fourth-order valence-corrected chi connectivity index (χ4v) is 1.52. The highest BCUT2D eigenvalue weighted by Gasteiger charge is 2.26. The molecule has 0 amide bonds. The van der Waals surface area contributed by atoms with Crippen molar-refractivity contribution in [3.8, 4) is 0 Å². The Hall–Kier alpha value is -2.04. The van der Waals surface area contributed by atoms with Crippen molar-refractivity contribution in [2.24, 2.45) is 5.11 Å². The van der Waals surface area contributed by atoms with Gasteiger partial charge in [-0.05, 0) is 24.4 Å². The van der Waals surface area contributed by atoms with E-state index in [0.29, 0.717) is 0 Å². The van der Waals surface area contributed by atoms with Gasteiger partial charge in [-0.25, -0.2) is 4.79 Å². The van der Waals surface area contributed by atoms with Crippen molar-refractivity contribution in [3.63, 3.8) is 0 Å². The Labute approximate surface area is 105 Å². The largest absolute Gasteiger partial charge is 0.464 e. The molecular weight excluding hydrogens is 234 g/mol. The van der Waals surface area contributed by atoms with Gasteiger partial charge < -0.3 is 9.84 Å². The minimum absolute atomic E-state index is 0.171. The Kier molecular flexibility index (Phi) is 5.70. The lowest BCUT2D eigenvalue weighted by atomic mass is 10.0. The lowest BCUT2D eigenvalue weighted by molar-refractivity contribution is -0.154. The zero-order valence-electron chi connectivity index (χ0n) is 10.1. The molecule has 96 valence electrons. The summed E-state index contributed by atoms with van der Waals surface area (Å²) in [5, 5.41) is 13.2. The Balaban J connectivity index is 2.76. The second-order valence-electron chi connectivity index (χ2n) is 3.66. The van der Waals surface area contributed by atoms with Crippen molar-refractivity contribution in [1.82, 2.24) is 0 Å². The first-order valence-corrected chi connectivity index (χ1v) is 5.61. The normalized spacial score (nSPS) is 13.2. The van der Waals surface area contributed by atoms with Gasteiger partial charge in [0.2, 0.25) is 0 Å². The number of benzene rings is 1. The third-order valence-electron chi connectivity index (χ3n) is 2.38. The molecule has 1 aromatic rings. The Morgan fingerprint density at radius 3 is 2.72 bits per heavy atom. The number of ether oxygens (including phenoxy) is 1. The molecule has 1 rings (SSSR count). The molecule has 0 aromatic heterocycles. The monoisotopic (exact) mass is 249 g/mol. The van der Waals surface area contributed by atoms with Gasteiger partial charge in [-0.1, -0.05) is 35.4 Å². The Morgan fingerprint density at radius 1 is 1.50 bits per heavy atom. The molecule has 0 saturated carbocycles. The number of azide groups is 1. The average Bonchev–Trinajstić information content (AvgIpc) is 2.39. The number of carbonyl (C=O) groups excluding carboxylic acids is 1. The van der Waals surface area contributed by atoms with E-state index < -0.39 is 18.1 Å². The third-order valence-corrected chi connectivity index (χ3v) is 2.38. The first kappa shape index (κ1) is 14.0. The van der Waals surface area contributed by atoms with Crippen LogP contribution in [-0.2, 0) is 16.0 Å². The molecule has 0 bridgehead atoms. The number of aliphatic hydroxyl groups is 1. The summed E-state index contributed by atoms with van der Waals surface area (Å²) < 4.78 is 4.70. The van der Waals surface area contributed by atoms with Crippen molar-refractivity contribution >= 4 is 5.97 Å². The van der Waals surface area contributed by atoms with Crippen LogP contribution in [0.3, 0.4) is 0 Å². The summed E-state index contributed by atoms with van der Waals surface area (Å²) in [6, 6.07) is 8.32. The molecule has 2 unspecified atom stereocenters. The van der Waals surface area contributed by atoms with Crippen LogP contribution >= 0.6 is 0 Å². The lowest BCUT2D eigenvalue weighted by Crippen LogP contribution is -2.35. The van der Waals surface area contributed by atoms with E-state index in [4.69, 9.17) is 10.3 Å². The summed E-state index contributed by atoms with van der Waals surface area (Å²) in [5.74, 6) is -0.772. The van der Waals surface area contributed by atoms with Crippen molar-refractivity contribution in [2.75, 3.05) is 6.61 Å². The van der Waals surface area contributed by atoms with Crippen LogP contribution in [0.1, 0.15) is 12.5 Å².